The largest absolute Gasteiger partial charge is 0.383 e. The lowest BCUT2D eigenvalue weighted by Gasteiger charge is -2.19. The Hall–Kier alpha value is -1.75. The molecule has 0 spiro atoms. The molecule has 4 nitrogen and oxygen atoms in total. The van der Waals surface area contributed by atoms with Gasteiger partial charge in [-0.3, -0.25) is 4.79 Å². The second-order valence-corrected chi connectivity index (χ2v) is 6.46. The van der Waals surface area contributed by atoms with Gasteiger partial charge in [0.2, 0.25) is 0 Å². The molecule has 1 aromatic carbocycles. The summed E-state index contributed by atoms with van der Waals surface area (Å²) in [4.78, 5) is 16.7. The molecule has 3 rings (SSSR count). The molecule has 3 N–H and O–H groups in total. The van der Waals surface area contributed by atoms with Crippen LogP contribution in [0, 0.1) is 0 Å². The van der Waals surface area contributed by atoms with Crippen LogP contribution >= 0.6 is 11.8 Å². The van der Waals surface area contributed by atoms with Gasteiger partial charge in [0.15, 0.2) is 0 Å². The van der Waals surface area contributed by atoms with Crippen LogP contribution in [0.3, 0.4) is 0 Å². The zero-order chi connectivity index (χ0) is 14.8. The number of amides is 1. The van der Waals surface area contributed by atoms with Gasteiger partial charge in [-0.2, -0.15) is 11.8 Å². The fraction of sp³-hybridized carbons (Fsp3) is 0.375. The highest BCUT2D eigenvalue weighted by atomic mass is 32.2. The number of nitrogens with one attached hydrogen (secondary N) is 1. The minimum Gasteiger partial charge on any atom is -0.383 e. The molecular formula is C16H19N3OS. The summed E-state index contributed by atoms with van der Waals surface area (Å²) in [5.41, 5.74) is 6.49. The second kappa shape index (κ2) is 5.93. The molecule has 2 atom stereocenters. The fourth-order valence-corrected chi connectivity index (χ4v) is 3.95. The fourth-order valence-electron chi connectivity index (χ4n) is 3.01. The Kier molecular flexibility index (Phi) is 4.01. The number of nitrogens with two attached hydrogens (primary N) is 1. The molecule has 2 unspecified atom stereocenters. The van der Waals surface area contributed by atoms with Crippen LogP contribution in [0.15, 0.2) is 30.5 Å². The lowest BCUT2D eigenvalue weighted by Crippen LogP contribution is -2.38. The molecule has 1 fully saturated rings. The second-order valence-electron chi connectivity index (χ2n) is 5.39. The van der Waals surface area contributed by atoms with Crippen LogP contribution in [0.4, 0.5) is 5.82 Å². The average molecular weight is 301 g/mol. The lowest BCUT2D eigenvalue weighted by molar-refractivity contribution is 0.0940. The summed E-state index contributed by atoms with van der Waals surface area (Å²) >= 11 is 1.83. The van der Waals surface area contributed by atoms with Crippen molar-refractivity contribution in [1.82, 2.24) is 10.3 Å². The number of carbonyl (C=O) groups is 1. The van der Waals surface area contributed by atoms with E-state index in [4.69, 9.17) is 5.73 Å². The highest BCUT2D eigenvalue weighted by molar-refractivity contribution is 7.99. The van der Waals surface area contributed by atoms with Gasteiger partial charge >= 0.3 is 0 Å². The normalized spacial score (nSPS) is 21.6. The molecule has 1 heterocycles. The molecule has 0 radical (unpaired) electrons. The predicted molar refractivity (Wildman–Crippen MR) is 88.6 cm³/mol. The Morgan fingerprint density at radius 1 is 1.33 bits per heavy atom. The van der Waals surface area contributed by atoms with E-state index in [1.54, 1.807) is 6.20 Å². The maximum Gasteiger partial charge on any atom is 0.253 e. The van der Waals surface area contributed by atoms with E-state index in [2.05, 4.69) is 16.6 Å². The summed E-state index contributed by atoms with van der Waals surface area (Å²) in [5, 5.41) is 5.38. The zero-order valence-electron chi connectivity index (χ0n) is 12.0. The van der Waals surface area contributed by atoms with E-state index in [9.17, 15) is 4.79 Å². The molecule has 0 bridgehead atoms. The third-order valence-electron chi connectivity index (χ3n) is 4.14. The number of nitrogen functional groups attached to an aromatic ring is 1. The van der Waals surface area contributed by atoms with Gasteiger partial charge in [-0.1, -0.05) is 30.7 Å². The molecule has 5 heteroatoms. The van der Waals surface area contributed by atoms with E-state index >= 15 is 0 Å². The summed E-state index contributed by atoms with van der Waals surface area (Å²) in [5.74, 6) is 0.412. The maximum atomic E-state index is 12.6. The average Bonchev–Trinajstić information content (AvgIpc) is 2.95. The molecule has 1 amide bonds. The van der Waals surface area contributed by atoms with Crippen molar-refractivity contribution >= 4 is 34.3 Å². The van der Waals surface area contributed by atoms with Crippen molar-refractivity contribution in [2.75, 3.05) is 12.0 Å². The van der Waals surface area contributed by atoms with Crippen molar-refractivity contribution in [1.29, 1.82) is 0 Å². The van der Waals surface area contributed by atoms with Crippen molar-refractivity contribution in [3.05, 3.63) is 36.0 Å². The first-order chi connectivity index (χ1) is 10.2. The van der Waals surface area contributed by atoms with Crippen molar-refractivity contribution in [3.63, 3.8) is 0 Å². The minimum absolute atomic E-state index is 0.0512. The first kappa shape index (κ1) is 14.2. The maximum absolute atomic E-state index is 12.6. The van der Waals surface area contributed by atoms with Crippen molar-refractivity contribution in [3.8, 4) is 0 Å². The standard InChI is InChI=1S/C16H19N3OS/c1-21-14-8-4-7-13(14)19-16(20)12-9-18-15(17)11-6-3-2-5-10(11)12/h2-3,5-6,9,13-14H,4,7-8H2,1H3,(H2,17,18)(H,19,20). The van der Waals surface area contributed by atoms with Crippen LogP contribution < -0.4 is 11.1 Å². The number of pyridine rings is 1. The number of hydrogen-bond donors (Lipinski definition) is 2. The number of aromatic nitrogens is 1. The number of benzene rings is 1. The van der Waals surface area contributed by atoms with Gasteiger partial charge in [0.25, 0.3) is 5.91 Å². The molecular weight excluding hydrogens is 282 g/mol. The number of fused-ring (bicyclic) bond motifs is 1. The molecule has 0 saturated heterocycles. The third-order valence-corrected chi connectivity index (χ3v) is 5.31. The Morgan fingerprint density at radius 3 is 2.86 bits per heavy atom. The molecule has 1 aliphatic rings. The SMILES string of the molecule is CSC1CCCC1NC(=O)c1cnc(N)c2ccccc12. The molecule has 2 aromatic rings. The van der Waals surface area contributed by atoms with Crippen molar-refractivity contribution in [2.24, 2.45) is 0 Å². The van der Waals surface area contributed by atoms with Crippen molar-refractivity contribution < 1.29 is 4.79 Å². The van der Waals surface area contributed by atoms with Crippen LogP contribution in [0.5, 0.6) is 0 Å². The van der Waals surface area contributed by atoms with E-state index < -0.39 is 0 Å². The van der Waals surface area contributed by atoms with Crippen LogP contribution in [-0.4, -0.2) is 28.4 Å². The predicted octanol–water partition coefficient (Wildman–Crippen LogP) is 2.83. The number of carbonyl (C=O) groups excluding carboxylic acids is 1. The highest BCUT2D eigenvalue weighted by Gasteiger charge is 2.28. The van der Waals surface area contributed by atoms with E-state index in [0.717, 1.165) is 17.2 Å². The van der Waals surface area contributed by atoms with E-state index in [0.29, 0.717) is 16.6 Å². The summed E-state index contributed by atoms with van der Waals surface area (Å²) in [6.45, 7) is 0. The molecule has 1 saturated carbocycles. The summed E-state index contributed by atoms with van der Waals surface area (Å²) in [6.07, 6.45) is 7.09. The summed E-state index contributed by atoms with van der Waals surface area (Å²) in [7, 11) is 0. The first-order valence-corrected chi connectivity index (χ1v) is 8.46. The van der Waals surface area contributed by atoms with Gasteiger partial charge in [0.1, 0.15) is 5.82 Å². The minimum atomic E-state index is -0.0512. The van der Waals surface area contributed by atoms with Gasteiger partial charge in [-0.15, -0.1) is 0 Å². The number of nitrogens with zero attached hydrogens (tertiary/aromatic N) is 1. The third kappa shape index (κ3) is 2.70. The summed E-state index contributed by atoms with van der Waals surface area (Å²) in [6, 6.07) is 7.89. The van der Waals surface area contributed by atoms with Crippen LogP contribution in [0.1, 0.15) is 29.6 Å². The van der Waals surface area contributed by atoms with Crippen LogP contribution in [0.2, 0.25) is 0 Å². The Labute approximate surface area is 128 Å². The molecule has 110 valence electrons. The van der Waals surface area contributed by atoms with Gasteiger partial charge in [-0.05, 0) is 24.5 Å². The van der Waals surface area contributed by atoms with E-state index in [1.807, 2.05) is 36.0 Å². The quantitative estimate of drug-likeness (QED) is 0.914. The molecule has 1 aliphatic carbocycles. The Morgan fingerprint density at radius 2 is 2.10 bits per heavy atom. The topological polar surface area (TPSA) is 68.0 Å². The van der Waals surface area contributed by atoms with Gasteiger partial charge in [0.05, 0.1) is 5.56 Å². The van der Waals surface area contributed by atoms with Gasteiger partial charge in [-0.25, -0.2) is 4.98 Å². The number of rotatable bonds is 3. The lowest BCUT2D eigenvalue weighted by atomic mass is 10.1. The van der Waals surface area contributed by atoms with Crippen molar-refractivity contribution in [2.45, 2.75) is 30.6 Å². The monoisotopic (exact) mass is 301 g/mol. The molecule has 0 aliphatic heterocycles. The summed E-state index contributed by atoms with van der Waals surface area (Å²) < 4.78 is 0. The van der Waals surface area contributed by atoms with Gasteiger partial charge in [0, 0.05) is 22.9 Å². The Balaban J connectivity index is 1.90. The molecule has 1 aromatic heterocycles. The number of anilines is 1. The number of hydrogen-bond acceptors (Lipinski definition) is 4. The number of thioether (sulfide) groups is 1. The Bertz CT molecular complexity index is 674. The van der Waals surface area contributed by atoms with Gasteiger partial charge < -0.3 is 11.1 Å². The smallest absolute Gasteiger partial charge is 0.253 e. The van der Waals surface area contributed by atoms with Crippen LogP contribution in [-0.2, 0) is 0 Å². The zero-order valence-corrected chi connectivity index (χ0v) is 12.8. The molecule has 21 heavy (non-hydrogen) atoms. The van der Waals surface area contributed by atoms with Crippen LogP contribution in [0.25, 0.3) is 10.8 Å². The first-order valence-electron chi connectivity index (χ1n) is 7.17. The highest BCUT2D eigenvalue weighted by Crippen LogP contribution is 2.29. The van der Waals surface area contributed by atoms with E-state index in [-0.39, 0.29) is 11.9 Å². The van der Waals surface area contributed by atoms with E-state index in [1.165, 1.54) is 12.8 Å².